The van der Waals surface area contributed by atoms with Gasteiger partial charge in [-0.1, -0.05) is 18.2 Å². The van der Waals surface area contributed by atoms with E-state index in [1.165, 1.54) is 36.0 Å². The molecule has 0 bridgehead atoms. The fraction of sp³-hybridized carbons (Fsp3) is 0.500. The van der Waals surface area contributed by atoms with Crippen molar-refractivity contribution in [1.82, 2.24) is 0 Å². The van der Waals surface area contributed by atoms with Crippen LogP contribution in [0.2, 0.25) is 0 Å². The summed E-state index contributed by atoms with van der Waals surface area (Å²) in [7, 11) is 1.81. The van der Waals surface area contributed by atoms with Crippen LogP contribution in [0, 0.1) is 6.92 Å². The van der Waals surface area contributed by atoms with Gasteiger partial charge in [-0.15, -0.1) is 12.4 Å². The Balaban J connectivity index is 0.000000980. The van der Waals surface area contributed by atoms with Gasteiger partial charge in [-0.2, -0.15) is 0 Å². The molecule has 0 radical (unpaired) electrons. The third-order valence-corrected chi connectivity index (χ3v) is 2.93. The van der Waals surface area contributed by atoms with Crippen LogP contribution in [0.1, 0.15) is 35.6 Å². The van der Waals surface area contributed by atoms with Gasteiger partial charge in [0.05, 0.1) is 6.10 Å². The Morgan fingerprint density at radius 3 is 2.86 bits per heavy atom. The molecule has 78 valence electrons. The second-order valence-corrected chi connectivity index (χ2v) is 3.76. The number of ether oxygens (including phenoxy) is 1. The number of hydrogen-bond donors (Lipinski definition) is 0. The molecule has 0 saturated carbocycles. The van der Waals surface area contributed by atoms with E-state index in [9.17, 15) is 0 Å². The molecule has 1 aromatic rings. The molecule has 14 heavy (non-hydrogen) atoms. The molecule has 0 spiro atoms. The summed E-state index contributed by atoms with van der Waals surface area (Å²) in [5.41, 5.74) is 4.30. The predicted molar refractivity (Wildman–Crippen MR) is 61.1 cm³/mol. The Hall–Kier alpha value is -0.530. The molecule has 1 nitrogen and oxygen atoms in total. The minimum atomic E-state index is 0. The van der Waals surface area contributed by atoms with Gasteiger partial charge in [0.25, 0.3) is 0 Å². The number of rotatable bonds is 1. The summed E-state index contributed by atoms with van der Waals surface area (Å²) in [6, 6.07) is 6.55. The number of aryl methyl sites for hydroxylation is 2. The van der Waals surface area contributed by atoms with Crippen molar-refractivity contribution in [2.24, 2.45) is 0 Å². The molecular formula is C12H17ClO. The fourth-order valence-corrected chi connectivity index (χ4v) is 2.28. The van der Waals surface area contributed by atoms with Crippen molar-refractivity contribution in [3.8, 4) is 0 Å². The van der Waals surface area contributed by atoms with Crippen molar-refractivity contribution < 1.29 is 4.74 Å². The molecule has 0 amide bonds. The molecule has 1 aliphatic carbocycles. The maximum atomic E-state index is 5.50. The zero-order valence-electron chi connectivity index (χ0n) is 8.75. The summed E-state index contributed by atoms with van der Waals surface area (Å²) >= 11 is 0. The largest absolute Gasteiger partial charge is 0.377 e. The van der Waals surface area contributed by atoms with Crippen LogP contribution in [-0.2, 0) is 11.2 Å². The zero-order chi connectivity index (χ0) is 9.26. The summed E-state index contributed by atoms with van der Waals surface area (Å²) in [4.78, 5) is 0. The number of fused-ring (bicyclic) bond motifs is 1. The standard InChI is InChI=1S/C12H16O.ClH/c1-9-5-3-6-10-7-4-8-11(13-2)12(9)10;/h3,5-6,11H,4,7-8H2,1-2H3;1H. The molecule has 2 rings (SSSR count). The monoisotopic (exact) mass is 212 g/mol. The van der Waals surface area contributed by atoms with E-state index in [-0.39, 0.29) is 12.4 Å². The van der Waals surface area contributed by atoms with Crippen molar-refractivity contribution in [2.75, 3.05) is 7.11 Å². The minimum absolute atomic E-state index is 0. The highest BCUT2D eigenvalue weighted by atomic mass is 35.5. The van der Waals surface area contributed by atoms with Crippen LogP contribution in [-0.4, -0.2) is 7.11 Å². The molecule has 1 atom stereocenters. The maximum Gasteiger partial charge on any atom is 0.0826 e. The molecule has 0 aliphatic heterocycles. The zero-order valence-corrected chi connectivity index (χ0v) is 9.56. The van der Waals surface area contributed by atoms with E-state index < -0.39 is 0 Å². The average molecular weight is 213 g/mol. The lowest BCUT2D eigenvalue weighted by Gasteiger charge is -2.25. The number of hydrogen-bond acceptors (Lipinski definition) is 1. The van der Waals surface area contributed by atoms with E-state index in [1.807, 2.05) is 7.11 Å². The molecule has 1 aliphatic rings. The first kappa shape index (κ1) is 11.5. The van der Waals surface area contributed by atoms with Crippen LogP contribution in [0.15, 0.2) is 18.2 Å². The predicted octanol–water partition coefficient (Wildman–Crippen LogP) is 3.44. The molecule has 0 aromatic heterocycles. The van der Waals surface area contributed by atoms with Crippen molar-refractivity contribution in [3.05, 3.63) is 34.9 Å². The molecule has 0 N–H and O–H groups in total. The van der Waals surface area contributed by atoms with Gasteiger partial charge < -0.3 is 4.74 Å². The number of halogens is 1. The van der Waals surface area contributed by atoms with Gasteiger partial charge in [-0.25, -0.2) is 0 Å². The van der Waals surface area contributed by atoms with E-state index in [2.05, 4.69) is 25.1 Å². The van der Waals surface area contributed by atoms with Crippen LogP contribution in [0.25, 0.3) is 0 Å². The third kappa shape index (κ3) is 1.94. The summed E-state index contributed by atoms with van der Waals surface area (Å²) < 4.78 is 5.50. The molecule has 0 fully saturated rings. The van der Waals surface area contributed by atoms with Crippen LogP contribution in [0.5, 0.6) is 0 Å². The summed E-state index contributed by atoms with van der Waals surface area (Å²) in [6.07, 6.45) is 3.99. The smallest absolute Gasteiger partial charge is 0.0826 e. The van der Waals surface area contributed by atoms with Crippen LogP contribution in [0.3, 0.4) is 0 Å². The lowest BCUT2D eigenvalue weighted by molar-refractivity contribution is 0.0875. The Morgan fingerprint density at radius 2 is 2.14 bits per heavy atom. The van der Waals surface area contributed by atoms with Gasteiger partial charge in [0.15, 0.2) is 0 Å². The molecule has 1 unspecified atom stereocenters. The highest BCUT2D eigenvalue weighted by Crippen LogP contribution is 2.33. The van der Waals surface area contributed by atoms with E-state index in [0.717, 1.165) is 0 Å². The fourth-order valence-electron chi connectivity index (χ4n) is 2.28. The first-order valence-electron chi connectivity index (χ1n) is 4.94. The lowest BCUT2D eigenvalue weighted by atomic mass is 9.86. The van der Waals surface area contributed by atoms with Crippen molar-refractivity contribution >= 4 is 12.4 Å². The summed E-state index contributed by atoms with van der Waals surface area (Å²) in [5, 5.41) is 0. The second kappa shape index (κ2) is 4.81. The number of methoxy groups -OCH3 is 1. The van der Waals surface area contributed by atoms with E-state index in [1.54, 1.807) is 0 Å². The van der Waals surface area contributed by atoms with Gasteiger partial charge in [0.2, 0.25) is 0 Å². The van der Waals surface area contributed by atoms with Gasteiger partial charge in [-0.3, -0.25) is 0 Å². The minimum Gasteiger partial charge on any atom is -0.377 e. The van der Waals surface area contributed by atoms with Crippen molar-refractivity contribution in [2.45, 2.75) is 32.3 Å². The van der Waals surface area contributed by atoms with E-state index >= 15 is 0 Å². The number of benzene rings is 1. The topological polar surface area (TPSA) is 9.23 Å². The highest BCUT2D eigenvalue weighted by molar-refractivity contribution is 5.85. The first-order chi connectivity index (χ1) is 6.33. The maximum absolute atomic E-state index is 5.50. The molecule has 0 heterocycles. The molecular weight excluding hydrogens is 196 g/mol. The highest BCUT2D eigenvalue weighted by Gasteiger charge is 2.20. The average Bonchev–Trinajstić information content (AvgIpc) is 2.17. The van der Waals surface area contributed by atoms with Crippen molar-refractivity contribution in [1.29, 1.82) is 0 Å². The van der Waals surface area contributed by atoms with Gasteiger partial charge in [0.1, 0.15) is 0 Å². The van der Waals surface area contributed by atoms with Crippen LogP contribution >= 0.6 is 12.4 Å². The van der Waals surface area contributed by atoms with E-state index in [0.29, 0.717) is 6.10 Å². The molecule has 0 saturated heterocycles. The van der Waals surface area contributed by atoms with E-state index in [4.69, 9.17) is 4.74 Å². The Labute approximate surface area is 91.9 Å². The first-order valence-corrected chi connectivity index (χ1v) is 4.94. The molecule has 2 heteroatoms. The van der Waals surface area contributed by atoms with Crippen LogP contribution in [0.4, 0.5) is 0 Å². The SMILES string of the molecule is COC1CCCc2cccc(C)c21.Cl. The summed E-state index contributed by atoms with van der Waals surface area (Å²) in [6.45, 7) is 2.18. The van der Waals surface area contributed by atoms with Crippen LogP contribution < -0.4 is 0 Å². The Morgan fingerprint density at radius 1 is 1.36 bits per heavy atom. The summed E-state index contributed by atoms with van der Waals surface area (Å²) in [5.74, 6) is 0. The van der Waals surface area contributed by atoms with Gasteiger partial charge in [-0.05, 0) is 42.9 Å². The second-order valence-electron chi connectivity index (χ2n) is 3.76. The van der Waals surface area contributed by atoms with Gasteiger partial charge >= 0.3 is 0 Å². The normalized spacial score (nSPS) is 19.7. The Kier molecular flexibility index (Phi) is 3.97. The third-order valence-electron chi connectivity index (χ3n) is 2.93. The van der Waals surface area contributed by atoms with Crippen molar-refractivity contribution in [3.63, 3.8) is 0 Å². The quantitative estimate of drug-likeness (QED) is 0.693. The Bertz CT molecular complexity index is 309. The lowest BCUT2D eigenvalue weighted by Crippen LogP contribution is -2.12. The van der Waals surface area contributed by atoms with Gasteiger partial charge in [0, 0.05) is 7.11 Å². The molecule has 1 aromatic carbocycles.